The Hall–Kier alpha value is -4.09. The fourth-order valence-corrected chi connectivity index (χ4v) is 4.56. The number of aromatic hydroxyl groups is 1. The van der Waals surface area contributed by atoms with Crippen LogP contribution in [0.5, 0.6) is 5.75 Å². The Morgan fingerprint density at radius 3 is 2.53 bits per heavy atom. The maximum absolute atomic E-state index is 12.2. The first-order chi connectivity index (χ1) is 16.1. The summed E-state index contributed by atoms with van der Waals surface area (Å²) < 4.78 is 9.68. The molecule has 0 radical (unpaired) electrons. The highest BCUT2D eigenvalue weighted by molar-refractivity contribution is 5.83. The van der Waals surface area contributed by atoms with Gasteiger partial charge in [-0.1, -0.05) is 48.5 Å². The number of nitrogens with zero attached hydrogens (tertiary/aromatic N) is 2. The van der Waals surface area contributed by atoms with Gasteiger partial charge in [0.25, 0.3) is 0 Å². The lowest BCUT2D eigenvalue weighted by atomic mass is 10.1. The minimum atomic E-state index is -0.427. The number of para-hydroxylation sites is 2. The predicted molar refractivity (Wildman–Crippen MR) is 128 cm³/mol. The number of imidazole rings is 1. The Morgan fingerprint density at radius 2 is 1.65 bits per heavy atom. The summed E-state index contributed by atoms with van der Waals surface area (Å²) in [6.07, 6.45) is 2.10. The van der Waals surface area contributed by atoms with Gasteiger partial charge in [0.15, 0.2) is 11.0 Å². The number of fused-ring (bicyclic) bond motifs is 3. The second-order valence-corrected chi connectivity index (χ2v) is 8.31. The van der Waals surface area contributed by atoms with Crippen LogP contribution in [-0.4, -0.2) is 9.67 Å². The van der Waals surface area contributed by atoms with Crippen LogP contribution in [0.2, 0.25) is 0 Å². The van der Waals surface area contributed by atoms with Gasteiger partial charge in [-0.2, -0.15) is 0 Å². The molecule has 0 bridgehead atoms. The summed E-state index contributed by atoms with van der Waals surface area (Å²) in [6.45, 7) is 1.25. The molecule has 0 saturated heterocycles. The maximum atomic E-state index is 12.2. The SMILES string of the molecule is O=c1cc(Cn2c[n+](Cc3ccc4ccccc4c3)c3ccccc32)c2ccc(O)cc2o1.[Cl-]. The van der Waals surface area contributed by atoms with Crippen LogP contribution >= 0.6 is 0 Å². The van der Waals surface area contributed by atoms with E-state index < -0.39 is 5.63 Å². The number of benzene rings is 4. The number of phenolic OH excluding ortho intramolecular Hbond substituents is 1. The molecule has 0 saturated carbocycles. The molecule has 6 aromatic rings. The van der Waals surface area contributed by atoms with E-state index in [1.165, 1.54) is 28.5 Å². The predicted octanol–water partition coefficient (Wildman–Crippen LogP) is 1.99. The molecule has 0 fully saturated rings. The average Bonchev–Trinajstić information content (AvgIpc) is 3.15. The van der Waals surface area contributed by atoms with Crippen molar-refractivity contribution in [2.45, 2.75) is 13.1 Å². The summed E-state index contributed by atoms with van der Waals surface area (Å²) >= 11 is 0. The molecule has 0 spiro atoms. The number of phenols is 1. The molecule has 0 aliphatic carbocycles. The third kappa shape index (κ3) is 3.91. The highest BCUT2D eigenvalue weighted by atomic mass is 35.5. The van der Waals surface area contributed by atoms with Gasteiger partial charge in [0.05, 0.1) is 0 Å². The zero-order valence-electron chi connectivity index (χ0n) is 18.2. The van der Waals surface area contributed by atoms with Crippen LogP contribution in [0.3, 0.4) is 0 Å². The van der Waals surface area contributed by atoms with Crippen LogP contribution in [0, 0.1) is 0 Å². The molecule has 1 N–H and O–H groups in total. The summed E-state index contributed by atoms with van der Waals surface area (Å²) in [6, 6.07) is 29.6. The Bertz CT molecular complexity index is 1720. The van der Waals surface area contributed by atoms with Gasteiger partial charge in [0.2, 0.25) is 6.33 Å². The number of rotatable bonds is 4. The first-order valence-corrected chi connectivity index (χ1v) is 10.8. The lowest BCUT2D eigenvalue weighted by Crippen LogP contribution is -3.00. The van der Waals surface area contributed by atoms with E-state index in [1.54, 1.807) is 12.1 Å². The van der Waals surface area contributed by atoms with Crippen molar-refractivity contribution in [1.29, 1.82) is 0 Å². The minimum Gasteiger partial charge on any atom is -1.00 e. The van der Waals surface area contributed by atoms with Crippen molar-refractivity contribution in [3.05, 3.63) is 119 Å². The highest BCUT2D eigenvalue weighted by Gasteiger charge is 2.18. The van der Waals surface area contributed by atoms with Crippen molar-refractivity contribution < 1.29 is 26.5 Å². The summed E-state index contributed by atoms with van der Waals surface area (Å²) in [5, 5.41) is 13.1. The van der Waals surface area contributed by atoms with E-state index in [4.69, 9.17) is 4.42 Å². The molecular formula is C28H21ClN2O3. The summed E-state index contributed by atoms with van der Waals surface area (Å²) in [5.74, 6) is 0.0717. The molecule has 0 aliphatic rings. The minimum absolute atomic E-state index is 0. The molecule has 6 heteroatoms. The smallest absolute Gasteiger partial charge is 0.336 e. The van der Waals surface area contributed by atoms with Gasteiger partial charge in [-0.15, -0.1) is 0 Å². The normalized spacial score (nSPS) is 11.2. The van der Waals surface area contributed by atoms with Gasteiger partial charge in [-0.05, 0) is 46.7 Å². The van der Waals surface area contributed by atoms with Gasteiger partial charge >= 0.3 is 5.63 Å². The summed E-state index contributed by atoms with van der Waals surface area (Å²) in [7, 11) is 0. The lowest BCUT2D eigenvalue weighted by Gasteiger charge is -2.04. The molecular weight excluding hydrogens is 448 g/mol. The fraction of sp³-hybridized carbons (Fsp3) is 0.0714. The molecule has 5 nitrogen and oxygen atoms in total. The number of hydrogen-bond donors (Lipinski definition) is 1. The average molecular weight is 469 g/mol. The summed E-state index contributed by atoms with van der Waals surface area (Å²) in [5.41, 5.74) is 4.23. The van der Waals surface area contributed by atoms with Crippen LogP contribution in [0.4, 0.5) is 0 Å². The van der Waals surface area contributed by atoms with Crippen LogP contribution in [0.1, 0.15) is 11.1 Å². The number of halogens is 1. The molecule has 168 valence electrons. The fourth-order valence-electron chi connectivity index (χ4n) is 4.56. The molecule has 2 heterocycles. The largest absolute Gasteiger partial charge is 1.00 e. The molecule has 0 atom stereocenters. The van der Waals surface area contributed by atoms with E-state index >= 15 is 0 Å². The molecule has 4 aromatic carbocycles. The molecule has 0 aliphatic heterocycles. The monoisotopic (exact) mass is 468 g/mol. The quantitative estimate of drug-likeness (QED) is 0.318. The van der Waals surface area contributed by atoms with E-state index in [9.17, 15) is 9.90 Å². The standard InChI is InChI=1S/C28H20N2O3.ClH/c31-23-11-12-24-22(14-28(32)33-27(24)15-23)17-30-18-29(25-7-3-4-8-26(25)30)16-19-9-10-20-5-1-2-6-21(20)13-19;/h1-15,18H,16-17H2;1H. The molecule has 0 unspecified atom stereocenters. The van der Waals surface area contributed by atoms with Crippen molar-refractivity contribution in [2.24, 2.45) is 0 Å². The van der Waals surface area contributed by atoms with Gasteiger partial charge in [0, 0.05) is 23.1 Å². The van der Waals surface area contributed by atoms with Crippen molar-refractivity contribution in [3.8, 4) is 5.75 Å². The third-order valence-electron chi connectivity index (χ3n) is 6.10. The van der Waals surface area contributed by atoms with Crippen molar-refractivity contribution in [1.82, 2.24) is 4.57 Å². The van der Waals surface area contributed by atoms with Crippen molar-refractivity contribution in [3.63, 3.8) is 0 Å². The third-order valence-corrected chi connectivity index (χ3v) is 6.10. The van der Waals surface area contributed by atoms with Crippen LogP contribution < -0.4 is 22.6 Å². The van der Waals surface area contributed by atoms with E-state index in [0.717, 1.165) is 28.5 Å². The van der Waals surface area contributed by atoms with Gasteiger partial charge < -0.3 is 21.9 Å². The molecule has 0 amide bonds. The topological polar surface area (TPSA) is 59.2 Å². The number of hydrogen-bond acceptors (Lipinski definition) is 3. The van der Waals surface area contributed by atoms with Crippen molar-refractivity contribution in [2.75, 3.05) is 0 Å². The van der Waals surface area contributed by atoms with Crippen LogP contribution in [-0.2, 0) is 13.1 Å². The van der Waals surface area contributed by atoms with Crippen LogP contribution in [0.25, 0.3) is 32.8 Å². The Morgan fingerprint density at radius 1 is 0.853 bits per heavy atom. The first kappa shape index (κ1) is 21.7. The highest BCUT2D eigenvalue weighted by Crippen LogP contribution is 2.24. The van der Waals surface area contributed by atoms with E-state index in [1.807, 2.05) is 12.1 Å². The zero-order chi connectivity index (χ0) is 22.4. The molecule has 34 heavy (non-hydrogen) atoms. The second-order valence-electron chi connectivity index (χ2n) is 8.31. The number of aromatic nitrogens is 2. The lowest BCUT2D eigenvalue weighted by molar-refractivity contribution is -0.663. The Labute approximate surface area is 201 Å². The molecule has 2 aromatic heterocycles. The van der Waals surface area contributed by atoms with Crippen molar-refractivity contribution >= 4 is 32.8 Å². The summed E-state index contributed by atoms with van der Waals surface area (Å²) in [4.78, 5) is 12.2. The van der Waals surface area contributed by atoms with Crippen LogP contribution in [0.15, 0.2) is 107 Å². The second kappa shape index (κ2) is 8.69. The Kier molecular flexibility index (Phi) is 5.56. The van der Waals surface area contributed by atoms with Gasteiger partial charge in [0.1, 0.15) is 24.4 Å². The molecule has 6 rings (SSSR count). The maximum Gasteiger partial charge on any atom is 0.336 e. The van der Waals surface area contributed by atoms with Gasteiger partial charge in [-0.3, -0.25) is 0 Å². The van der Waals surface area contributed by atoms with Gasteiger partial charge in [-0.25, -0.2) is 13.9 Å². The van der Waals surface area contributed by atoms with E-state index in [0.29, 0.717) is 12.1 Å². The zero-order valence-corrected chi connectivity index (χ0v) is 18.9. The first-order valence-electron chi connectivity index (χ1n) is 10.8. The van der Waals surface area contributed by atoms with E-state index in [-0.39, 0.29) is 18.2 Å². The Balaban J connectivity index is 0.00000241. The van der Waals surface area contributed by atoms with E-state index in [2.05, 4.69) is 70.1 Å².